The molecule has 5 heteroatoms. The lowest BCUT2D eigenvalue weighted by atomic mass is 9.99. The van der Waals surface area contributed by atoms with Crippen molar-refractivity contribution in [2.24, 2.45) is 0 Å². The van der Waals surface area contributed by atoms with E-state index in [4.69, 9.17) is 0 Å². The molecule has 0 spiro atoms. The number of nitrogens with zero attached hydrogens (tertiary/aromatic N) is 2. The number of nitrogens with one attached hydrogen (secondary N) is 1. The predicted octanol–water partition coefficient (Wildman–Crippen LogP) is 2.69. The molecule has 1 aromatic rings. The van der Waals surface area contributed by atoms with Crippen LogP contribution in [0.15, 0.2) is 24.3 Å². The van der Waals surface area contributed by atoms with Crippen LogP contribution >= 0.6 is 0 Å². The van der Waals surface area contributed by atoms with Crippen molar-refractivity contribution in [3.8, 4) is 0 Å². The van der Waals surface area contributed by atoms with Gasteiger partial charge in [-0.2, -0.15) is 0 Å². The molecule has 0 radical (unpaired) electrons. The standard InChI is InChI=1S/C20H31N3O2/c1-3-22(14-19(24)16-9-7-15(2)8-10-16)20(25)21-17-11-13-23-12-5-4-6-18(17)23/h7-10,17-19,24H,3-6,11-14H2,1-2H3,(H,21,25). The Balaban J connectivity index is 1.56. The number of fused-ring (bicyclic) bond motifs is 1. The average molecular weight is 345 g/mol. The van der Waals surface area contributed by atoms with E-state index in [1.807, 2.05) is 38.1 Å². The van der Waals surface area contributed by atoms with Crippen LogP contribution in [0.25, 0.3) is 0 Å². The van der Waals surface area contributed by atoms with Gasteiger partial charge in [0.1, 0.15) is 0 Å². The summed E-state index contributed by atoms with van der Waals surface area (Å²) in [6.45, 7) is 7.16. The summed E-state index contributed by atoms with van der Waals surface area (Å²) in [7, 11) is 0. The first-order valence-corrected chi connectivity index (χ1v) is 9.62. The molecule has 2 aliphatic rings. The van der Waals surface area contributed by atoms with Crippen molar-refractivity contribution in [1.29, 1.82) is 0 Å². The van der Waals surface area contributed by atoms with E-state index < -0.39 is 6.10 Å². The Morgan fingerprint density at radius 3 is 2.76 bits per heavy atom. The first kappa shape index (κ1) is 18.2. The number of aryl methyl sites for hydroxylation is 1. The van der Waals surface area contributed by atoms with Crippen LogP contribution in [0.2, 0.25) is 0 Å². The largest absolute Gasteiger partial charge is 0.387 e. The molecule has 25 heavy (non-hydrogen) atoms. The highest BCUT2D eigenvalue weighted by Crippen LogP contribution is 2.27. The van der Waals surface area contributed by atoms with Gasteiger partial charge < -0.3 is 15.3 Å². The second-order valence-electron chi connectivity index (χ2n) is 7.41. The maximum absolute atomic E-state index is 12.7. The van der Waals surface area contributed by atoms with Gasteiger partial charge in [-0.1, -0.05) is 36.2 Å². The summed E-state index contributed by atoms with van der Waals surface area (Å²) in [6, 6.07) is 8.55. The predicted molar refractivity (Wildman–Crippen MR) is 99.5 cm³/mol. The third-order valence-corrected chi connectivity index (χ3v) is 5.69. The summed E-state index contributed by atoms with van der Waals surface area (Å²) >= 11 is 0. The van der Waals surface area contributed by atoms with Gasteiger partial charge in [-0.05, 0) is 45.2 Å². The topological polar surface area (TPSA) is 55.8 Å². The third-order valence-electron chi connectivity index (χ3n) is 5.69. The van der Waals surface area contributed by atoms with E-state index in [0.717, 1.165) is 18.5 Å². The van der Waals surface area contributed by atoms with Crippen LogP contribution in [-0.4, -0.2) is 59.2 Å². The molecule has 0 aromatic heterocycles. The van der Waals surface area contributed by atoms with Gasteiger partial charge >= 0.3 is 6.03 Å². The normalized spacial score (nSPS) is 24.6. The number of piperidine rings is 1. The van der Waals surface area contributed by atoms with E-state index in [-0.39, 0.29) is 12.1 Å². The van der Waals surface area contributed by atoms with Gasteiger partial charge in [0.15, 0.2) is 0 Å². The van der Waals surface area contributed by atoms with Gasteiger partial charge in [0.2, 0.25) is 0 Å². The summed E-state index contributed by atoms with van der Waals surface area (Å²) in [5.74, 6) is 0. The maximum Gasteiger partial charge on any atom is 0.317 e. The van der Waals surface area contributed by atoms with Crippen LogP contribution in [0.4, 0.5) is 4.79 Å². The number of urea groups is 1. The maximum atomic E-state index is 12.7. The number of likely N-dealkylation sites (N-methyl/N-ethyl adjacent to an activating group) is 1. The second-order valence-corrected chi connectivity index (χ2v) is 7.41. The van der Waals surface area contributed by atoms with Gasteiger partial charge in [0, 0.05) is 25.2 Å². The van der Waals surface area contributed by atoms with E-state index in [0.29, 0.717) is 19.1 Å². The summed E-state index contributed by atoms with van der Waals surface area (Å²) in [4.78, 5) is 16.9. The molecule has 3 rings (SSSR count). The molecule has 2 amide bonds. The SMILES string of the molecule is CCN(CC(O)c1ccc(C)cc1)C(=O)NC1CCN2CCCCC12. The molecule has 0 aliphatic carbocycles. The molecular weight excluding hydrogens is 314 g/mol. The van der Waals surface area contributed by atoms with Gasteiger partial charge in [-0.25, -0.2) is 4.79 Å². The van der Waals surface area contributed by atoms with Gasteiger partial charge in [0.25, 0.3) is 0 Å². The molecular formula is C20H31N3O2. The van der Waals surface area contributed by atoms with Crippen LogP contribution in [0, 0.1) is 6.92 Å². The van der Waals surface area contributed by atoms with E-state index in [9.17, 15) is 9.90 Å². The summed E-state index contributed by atoms with van der Waals surface area (Å²) < 4.78 is 0. The van der Waals surface area contributed by atoms with Crippen molar-refractivity contribution in [3.63, 3.8) is 0 Å². The van der Waals surface area contributed by atoms with Crippen molar-refractivity contribution < 1.29 is 9.90 Å². The number of aliphatic hydroxyl groups is 1. The van der Waals surface area contributed by atoms with Crippen molar-refractivity contribution >= 4 is 6.03 Å². The summed E-state index contributed by atoms with van der Waals surface area (Å²) in [6.07, 6.45) is 4.11. The molecule has 5 nitrogen and oxygen atoms in total. The highest BCUT2D eigenvalue weighted by atomic mass is 16.3. The number of hydrogen-bond donors (Lipinski definition) is 2. The summed E-state index contributed by atoms with van der Waals surface area (Å²) in [5, 5.41) is 13.7. The van der Waals surface area contributed by atoms with Crippen LogP contribution < -0.4 is 5.32 Å². The first-order valence-electron chi connectivity index (χ1n) is 9.62. The number of aliphatic hydroxyl groups excluding tert-OH is 1. The molecule has 2 fully saturated rings. The molecule has 2 aliphatic heterocycles. The highest BCUT2D eigenvalue weighted by Gasteiger charge is 2.36. The van der Waals surface area contributed by atoms with Crippen molar-refractivity contribution in [2.75, 3.05) is 26.2 Å². The van der Waals surface area contributed by atoms with Gasteiger partial charge in [-0.3, -0.25) is 4.90 Å². The van der Waals surface area contributed by atoms with Crippen LogP contribution in [0.1, 0.15) is 49.8 Å². The Labute approximate surface area is 151 Å². The number of rotatable bonds is 5. The quantitative estimate of drug-likeness (QED) is 0.863. The Kier molecular flexibility index (Phi) is 5.97. The zero-order valence-electron chi connectivity index (χ0n) is 15.4. The van der Waals surface area contributed by atoms with E-state index in [1.165, 1.54) is 31.4 Å². The Morgan fingerprint density at radius 1 is 1.28 bits per heavy atom. The third kappa shape index (κ3) is 4.33. The molecule has 2 N–H and O–H groups in total. The number of carbonyl (C=O) groups excluding carboxylic acids is 1. The lowest BCUT2D eigenvalue weighted by molar-refractivity contribution is 0.119. The highest BCUT2D eigenvalue weighted by molar-refractivity contribution is 5.74. The van der Waals surface area contributed by atoms with Crippen LogP contribution in [0.3, 0.4) is 0 Å². The van der Waals surface area contributed by atoms with Gasteiger partial charge in [-0.15, -0.1) is 0 Å². The second kappa shape index (κ2) is 8.19. The monoisotopic (exact) mass is 345 g/mol. The molecule has 3 atom stereocenters. The van der Waals surface area contributed by atoms with E-state index >= 15 is 0 Å². The number of benzene rings is 1. The Morgan fingerprint density at radius 2 is 2.04 bits per heavy atom. The Bertz CT molecular complexity index is 575. The lowest BCUT2D eigenvalue weighted by Crippen LogP contribution is -2.51. The first-order chi connectivity index (χ1) is 12.1. The van der Waals surface area contributed by atoms with Crippen molar-refractivity contribution in [2.45, 2.75) is 57.7 Å². The van der Waals surface area contributed by atoms with Crippen molar-refractivity contribution in [3.05, 3.63) is 35.4 Å². The van der Waals surface area contributed by atoms with E-state index in [1.54, 1.807) is 4.90 Å². The molecule has 0 bridgehead atoms. The van der Waals surface area contributed by atoms with Crippen LogP contribution in [0.5, 0.6) is 0 Å². The molecule has 2 heterocycles. The number of carbonyl (C=O) groups is 1. The zero-order valence-corrected chi connectivity index (χ0v) is 15.4. The number of amides is 2. The average Bonchev–Trinajstić information content (AvgIpc) is 3.03. The molecule has 0 saturated carbocycles. The minimum absolute atomic E-state index is 0.0499. The smallest absolute Gasteiger partial charge is 0.317 e. The summed E-state index contributed by atoms with van der Waals surface area (Å²) in [5.41, 5.74) is 2.02. The van der Waals surface area contributed by atoms with Gasteiger partial charge in [0.05, 0.1) is 12.6 Å². The lowest BCUT2D eigenvalue weighted by Gasteiger charge is -2.33. The van der Waals surface area contributed by atoms with E-state index in [2.05, 4.69) is 10.2 Å². The fourth-order valence-corrected chi connectivity index (χ4v) is 4.12. The molecule has 138 valence electrons. The fraction of sp³-hybridized carbons (Fsp3) is 0.650. The number of hydrogen-bond acceptors (Lipinski definition) is 3. The minimum atomic E-state index is -0.652. The Hall–Kier alpha value is -1.59. The zero-order chi connectivity index (χ0) is 17.8. The molecule has 1 aromatic carbocycles. The molecule has 3 unspecified atom stereocenters. The van der Waals surface area contributed by atoms with Crippen LogP contribution in [-0.2, 0) is 0 Å². The minimum Gasteiger partial charge on any atom is -0.387 e. The molecule has 2 saturated heterocycles. The fourth-order valence-electron chi connectivity index (χ4n) is 4.12. The van der Waals surface area contributed by atoms with Crippen molar-refractivity contribution in [1.82, 2.24) is 15.1 Å².